The first kappa shape index (κ1) is 21.7. The third-order valence-electron chi connectivity index (χ3n) is 5.76. The first-order valence-corrected chi connectivity index (χ1v) is 11.9. The van der Waals surface area contributed by atoms with Gasteiger partial charge in [-0.15, -0.1) is 0 Å². The number of aromatic nitrogens is 3. The fourth-order valence-electron chi connectivity index (χ4n) is 4.02. The van der Waals surface area contributed by atoms with Gasteiger partial charge >= 0.3 is 0 Å². The second kappa shape index (κ2) is 8.76. The minimum atomic E-state index is -0.333. The van der Waals surface area contributed by atoms with Crippen LogP contribution in [0.15, 0.2) is 66.9 Å². The molecule has 0 atom stereocenters. The van der Waals surface area contributed by atoms with Gasteiger partial charge in [-0.05, 0) is 43.3 Å². The number of nitrogens with zero attached hydrogens (tertiary/aromatic N) is 4. The highest BCUT2D eigenvalue weighted by Crippen LogP contribution is 2.42. The summed E-state index contributed by atoms with van der Waals surface area (Å²) in [5.74, 6) is 0.917. The van der Waals surface area contributed by atoms with Crippen LogP contribution in [0.1, 0.15) is 21.6 Å². The van der Waals surface area contributed by atoms with Gasteiger partial charge in [0, 0.05) is 28.6 Å². The van der Waals surface area contributed by atoms with Gasteiger partial charge in [-0.3, -0.25) is 15.1 Å². The third-order valence-corrected chi connectivity index (χ3v) is 6.64. The summed E-state index contributed by atoms with van der Waals surface area (Å²) in [5, 5.41) is 12.3. The Balaban J connectivity index is 1.31. The van der Waals surface area contributed by atoms with Gasteiger partial charge in [-0.25, -0.2) is 9.97 Å². The molecule has 4 heterocycles. The molecule has 0 saturated carbocycles. The van der Waals surface area contributed by atoms with Crippen molar-refractivity contribution in [2.75, 3.05) is 12.1 Å². The monoisotopic (exact) mass is 491 g/mol. The molecule has 174 valence electrons. The van der Waals surface area contributed by atoms with E-state index in [0.717, 1.165) is 22.5 Å². The number of para-hydroxylation sites is 1. The van der Waals surface area contributed by atoms with Crippen molar-refractivity contribution in [3.8, 4) is 40.0 Å². The van der Waals surface area contributed by atoms with Crippen LogP contribution in [0.4, 0.5) is 5.13 Å². The molecule has 2 aromatic carbocycles. The normalized spacial score (nSPS) is 11.9. The summed E-state index contributed by atoms with van der Waals surface area (Å²) >= 11 is 1.29. The molecule has 1 aliphatic rings. The molecule has 8 nitrogen and oxygen atoms in total. The van der Waals surface area contributed by atoms with Gasteiger partial charge in [0.25, 0.3) is 5.91 Å². The van der Waals surface area contributed by atoms with Crippen LogP contribution in [-0.2, 0) is 0 Å². The largest absolute Gasteiger partial charge is 0.454 e. The lowest BCUT2D eigenvalue weighted by atomic mass is 9.99. The Bertz CT molecular complexity index is 1690. The lowest BCUT2D eigenvalue weighted by Crippen LogP contribution is -2.14. The second-order valence-corrected chi connectivity index (χ2v) is 9.07. The van der Waals surface area contributed by atoms with Crippen molar-refractivity contribution in [3.63, 3.8) is 0 Å². The van der Waals surface area contributed by atoms with E-state index in [1.807, 2.05) is 55.5 Å². The fourth-order valence-corrected chi connectivity index (χ4v) is 4.85. The van der Waals surface area contributed by atoms with Gasteiger partial charge in [0.2, 0.25) is 6.79 Å². The van der Waals surface area contributed by atoms with Crippen molar-refractivity contribution in [1.82, 2.24) is 15.0 Å². The first-order chi connectivity index (χ1) is 17.6. The van der Waals surface area contributed by atoms with Crippen molar-refractivity contribution >= 4 is 32.7 Å². The number of nitrogens with one attached hydrogen (secondary N) is 1. The van der Waals surface area contributed by atoms with E-state index in [9.17, 15) is 4.79 Å². The van der Waals surface area contributed by atoms with Crippen molar-refractivity contribution in [1.29, 1.82) is 5.26 Å². The lowest BCUT2D eigenvalue weighted by molar-refractivity contribution is 0.102. The summed E-state index contributed by atoms with van der Waals surface area (Å²) in [6.07, 6.45) is 1.56. The molecule has 0 unspecified atom stereocenters. The molecule has 1 aliphatic heterocycles. The van der Waals surface area contributed by atoms with E-state index in [2.05, 4.69) is 21.4 Å². The minimum absolute atomic E-state index is 0.140. The molecule has 36 heavy (non-hydrogen) atoms. The van der Waals surface area contributed by atoms with Crippen molar-refractivity contribution in [2.45, 2.75) is 6.92 Å². The Labute approximate surface area is 209 Å². The number of ether oxygens (including phenoxy) is 2. The van der Waals surface area contributed by atoms with E-state index < -0.39 is 0 Å². The average molecular weight is 492 g/mol. The Kier molecular flexibility index (Phi) is 5.28. The summed E-state index contributed by atoms with van der Waals surface area (Å²) in [5.41, 5.74) is 5.56. The number of hydrogen-bond donors (Lipinski definition) is 1. The molecule has 9 heteroatoms. The topological polar surface area (TPSA) is 110 Å². The summed E-state index contributed by atoms with van der Waals surface area (Å²) in [4.78, 5) is 27.6. The van der Waals surface area contributed by atoms with Crippen LogP contribution >= 0.6 is 11.3 Å². The van der Waals surface area contributed by atoms with E-state index >= 15 is 0 Å². The summed E-state index contributed by atoms with van der Waals surface area (Å²) in [6, 6.07) is 20.5. The molecule has 1 amide bonds. The predicted octanol–water partition coefficient (Wildman–Crippen LogP) is 5.58. The van der Waals surface area contributed by atoms with E-state index in [1.54, 1.807) is 18.3 Å². The molecule has 0 radical (unpaired) electrons. The van der Waals surface area contributed by atoms with Gasteiger partial charge in [0.1, 0.15) is 10.3 Å². The average Bonchev–Trinajstić information content (AvgIpc) is 3.54. The van der Waals surface area contributed by atoms with E-state index in [4.69, 9.17) is 19.7 Å². The number of fused-ring (bicyclic) bond motifs is 2. The Hall–Kier alpha value is -4.81. The second-order valence-electron chi connectivity index (χ2n) is 8.09. The first-order valence-electron chi connectivity index (χ1n) is 11.0. The standard InChI is InChI=1S/C27H17N5O3S/c1-15-11-19(18-3-2-4-23-24(18)35-14-34-23)20(13-29-15)25(33)32-27-31-22-10-9-21(30-26(22)36-27)17-7-5-16(12-28)6-8-17/h2-11,13H,14H2,1H3,(H,31,32,33). The Morgan fingerprint density at radius 3 is 2.75 bits per heavy atom. The number of carbonyl (C=O) groups excluding carboxylic acids is 1. The molecule has 0 fully saturated rings. The highest BCUT2D eigenvalue weighted by Gasteiger charge is 2.23. The zero-order valence-corrected chi connectivity index (χ0v) is 19.8. The van der Waals surface area contributed by atoms with Gasteiger partial charge in [-0.1, -0.05) is 35.6 Å². The number of benzene rings is 2. The molecule has 5 aromatic rings. The van der Waals surface area contributed by atoms with Gasteiger partial charge in [-0.2, -0.15) is 5.26 Å². The van der Waals surface area contributed by atoms with Gasteiger partial charge in [0.05, 0.1) is 22.9 Å². The number of aryl methyl sites for hydroxylation is 1. The summed E-state index contributed by atoms with van der Waals surface area (Å²) in [6.45, 7) is 2.01. The molecular formula is C27H17N5O3S. The van der Waals surface area contributed by atoms with E-state index in [-0.39, 0.29) is 12.7 Å². The Morgan fingerprint density at radius 2 is 1.92 bits per heavy atom. The summed E-state index contributed by atoms with van der Waals surface area (Å²) < 4.78 is 11.2. The van der Waals surface area contributed by atoms with Gasteiger partial charge in [0.15, 0.2) is 16.6 Å². The maximum absolute atomic E-state index is 13.3. The number of pyridine rings is 2. The number of carbonyl (C=O) groups is 1. The number of thiazole rings is 1. The van der Waals surface area contributed by atoms with Crippen LogP contribution in [0, 0.1) is 18.3 Å². The van der Waals surface area contributed by atoms with Crippen molar-refractivity contribution in [2.24, 2.45) is 0 Å². The molecule has 6 rings (SSSR count). The van der Waals surface area contributed by atoms with Crippen LogP contribution in [0.3, 0.4) is 0 Å². The highest BCUT2D eigenvalue weighted by atomic mass is 32.1. The van der Waals surface area contributed by atoms with Crippen molar-refractivity contribution in [3.05, 3.63) is 83.7 Å². The maximum atomic E-state index is 13.3. The zero-order chi connectivity index (χ0) is 24.6. The minimum Gasteiger partial charge on any atom is -0.454 e. The van der Waals surface area contributed by atoms with Crippen LogP contribution in [0.25, 0.3) is 32.7 Å². The van der Waals surface area contributed by atoms with Crippen LogP contribution < -0.4 is 14.8 Å². The number of hydrogen-bond acceptors (Lipinski definition) is 8. The third kappa shape index (κ3) is 3.89. The van der Waals surface area contributed by atoms with E-state index in [1.165, 1.54) is 11.3 Å². The SMILES string of the molecule is Cc1cc(-c2cccc3c2OCO3)c(C(=O)Nc2nc3ccc(-c4ccc(C#N)cc4)nc3s2)cn1. The van der Waals surface area contributed by atoms with E-state index in [0.29, 0.717) is 43.7 Å². The molecular weight excluding hydrogens is 474 g/mol. The molecule has 0 aliphatic carbocycles. The smallest absolute Gasteiger partial charge is 0.259 e. The number of anilines is 1. The summed E-state index contributed by atoms with van der Waals surface area (Å²) in [7, 11) is 0. The number of rotatable bonds is 4. The molecule has 3 aromatic heterocycles. The van der Waals surface area contributed by atoms with Crippen LogP contribution in [0.2, 0.25) is 0 Å². The highest BCUT2D eigenvalue weighted by molar-refractivity contribution is 7.22. The molecule has 0 spiro atoms. The zero-order valence-electron chi connectivity index (χ0n) is 19.0. The maximum Gasteiger partial charge on any atom is 0.259 e. The lowest BCUT2D eigenvalue weighted by Gasteiger charge is -2.12. The number of nitriles is 1. The number of amides is 1. The van der Waals surface area contributed by atoms with Gasteiger partial charge < -0.3 is 9.47 Å². The molecule has 1 N–H and O–H groups in total. The van der Waals surface area contributed by atoms with Crippen LogP contribution in [-0.4, -0.2) is 27.7 Å². The molecule has 0 saturated heterocycles. The quantitative estimate of drug-likeness (QED) is 0.349. The molecule has 0 bridgehead atoms. The van der Waals surface area contributed by atoms with Crippen molar-refractivity contribution < 1.29 is 14.3 Å². The van der Waals surface area contributed by atoms with Crippen LogP contribution in [0.5, 0.6) is 11.5 Å². The predicted molar refractivity (Wildman–Crippen MR) is 136 cm³/mol. The Morgan fingerprint density at radius 1 is 1.06 bits per heavy atom. The fraction of sp³-hybridized carbons (Fsp3) is 0.0741.